The van der Waals surface area contributed by atoms with Gasteiger partial charge in [0.1, 0.15) is 5.82 Å². The topological polar surface area (TPSA) is 15.3 Å². The fraction of sp³-hybridized carbons (Fsp3) is 0.647. The molecular formula is C17H29FN2. The van der Waals surface area contributed by atoms with Crippen molar-refractivity contribution in [2.75, 3.05) is 20.6 Å². The van der Waals surface area contributed by atoms with Crippen LogP contribution in [0.1, 0.15) is 44.4 Å². The second-order valence-corrected chi connectivity index (χ2v) is 6.39. The van der Waals surface area contributed by atoms with Crippen molar-refractivity contribution in [3.8, 4) is 0 Å². The van der Waals surface area contributed by atoms with Crippen LogP contribution in [0.25, 0.3) is 0 Å². The van der Waals surface area contributed by atoms with Crippen LogP contribution in [0, 0.1) is 18.7 Å². The Morgan fingerprint density at radius 3 is 2.35 bits per heavy atom. The van der Waals surface area contributed by atoms with Gasteiger partial charge in [-0.2, -0.15) is 0 Å². The summed E-state index contributed by atoms with van der Waals surface area (Å²) < 4.78 is 13.6. The first-order valence-corrected chi connectivity index (χ1v) is 7.47. The van der Waals surface area contributed by atoms with Crippen molar-refractivity contribution in [1.29, 1.82) is 0 Å². The molecule has 2 atom stereocenters. The normalized spacial score (nSPS) is 14.8. The van der Waals surface area contributed by atoms with E-state index in [4.69, 9.17) is 0 Å². The minimum atomic E-state index is -0.123. The van der Waals surface area contributed by atoms with Gasteiger partial charge in [-0.15, -0.1) is 0 Å². The number of likely N-dealkylation sites (N-methyl/N-ethyl adjacent to an activating group) is 1. The number of nitrogens with one attached hydrogen (secondary N) is 1. The molecule has 0 heterocycles. The number of benzene rings is 1. The molecule has 0 amide bonds. The van der Waals surface area contributed by atoms with Crippen molar-refractivity contribution in [2.24, 2.45) is 5.92 Å². The third-order valence-electron chi connectivity index (χ3n) is 3.83. The summed E-state index contributed by atoms with van der Waals surface area (Å²) in [5.74, 6) is 0.554. The van der Waals surface area contributed by atoms with E-state index in [1.807, 2.05) is 12.1 Å². The molecule has 0 aliphatic heterocycles. The molecule has 0 spiro atoms. The highest BCUT2D eigenvalue weighted by Gasteiger charge is 2.15. The molecule has 0 aliphatic rings. The van der Waals surface area contributed by atoms with Crippen LogP contribution in [0.3, 0.4) is 0 Å². The molecule has 0 saturated heterocycles. The Kier molecular flexibility index (Phi) is 6.63. The smallest absolute Gasteiger partial charge is 0.126 e. The summed E-state index contributed by atoms with van der Waals surface area (Å²) in [7, 11) is 4.23. The van der Waals surface area contributed by atoms with Crippen LogP contribution in [-0.2, 0) is 0 Å². The quantitative estimate of drug-likeness (QED) is 0.818. The van der Waals surface area contributed by atoms with Crippen LogP contribution in [0.5, 0.6) is 0 Å². The van der Waals surface area contributed by atoms with Crippen molar-refractivity contribution in [1.82, 2.24) is 10.2 Å². The second-order valence-electron chi connectivity index (χ2n) is 6.39. The third kappa shape index (κ3) is 5.22. The van der Waals surface area contributed by atoms with Crippen molar-refractivity contribution in [3.63, 3.8) is 0 Å². The van der Waals surface area contributed by atoms with Crippen molar-refractivity contribution in [3.05, 3.63) is 35.1 Å². The average molecular weight is 280 g/mol. The summed E-state index contributed by atoms with van der Waals surface area (Å²) in [5.41, 5.74) is 1.71. The summed E-state index contributed by atoms with van der Waals surface area (Å²) >= 11 is 0. The number of hydrogen-bond donors (Lipinski definition) is 1. The zero-order valence-electron chi connectivity index (χ0n) is 13.7. The average Bonchev–Trinajstić information content (AvgIpc) is 2.36. The van der Waals surface area contributed by atoms with E-state index in [1.165, 1.54) is 0 Å². The predicted octanol–water partition coefficient (Wildman–Crippen LogP) is 3.76. The molecule has 3 heteroatoms. The van der Waals surface area contributed by atoms with E-state index in [9.17, 15) is 4.39 Å². The highest BCUT2D eigenvalue weighted by molar-refractivity contribution is 5.25. The lowest BCUT2D eigenvalue weighted by atomic mass is 10.0. The summed E-state index contributed by atoms with van der Waals surface area (Å²) in [6, 6.07) is 6.16. The highest BCUT2D eigenvalue weighted by atomic mass is 19.1. The Balaban J connectivity index is 2.60. The standard InChI is InChI=1S/C17H29FN2/c1-12(2)9-16(20(5)6)11-19-14(4)15-8-7-13(3)17(18)10-15/h7-8,10,12,14,16,19H,9,11H2,1-6H3. The monoisotopic (exact) mass is 280 g/mol. The first-order valence-electron chi connectivity index (χ1n) is 7.47. The Bertz CT molecular complexity index is 415. The molecule has 2 nitrogen and oxygen atoms in total. The molecule has 0 aromatic heterocycles. The van der Waals surface area contributed by atoms with Crippen LogP contribution < -0.4 is 5.32 Å². The van der Waals surface area contributed by atoms with Gasteiger partial charge in [-0.3, -0.25) is 0 Å². The number of hydrogen-bond acceptors (Lipinski definition) is 2. The summed E-state index contributed by atoms with van der Waals surface area (Å²) in [6.07, 6.45) is 1.16. The number of rotatable bonds is 7. The number of halogens is 1. The fourth-order valence-corrected chi connectivity index (χ4v) is 2.33. The van der Waals surface area contributed by atoms with Gasteiger partial charge in [-0.05, 0) is 57.5 Å². The molecule has 1 N–H and O–H groups in total. The maximum atomic E-state index is 13.6. The second kappa shape index (κ2) is 7.75. The lowest BCUT2D eigenvalue weighted by Crippen LogP contribution is -2.39. The van der Waals surface area contributed by atoms with E-state index >= 15 is 0 Å². The molecule has 2 unspecified atom stereocenters. The van der Waals surface area contributed by atoms with E-state index in [0.29, 0.717) is 17.5 Å². The van der Waals surface area contributed by atoms with Gasteiger partial charge in [-0.25, -0.2) is 4.39 Å². The highest BCUT2D eigenvalue weighted by Crippen LogP contribution is 2.17. The maximum absolute atomic E-state index is 13.6. The molecule has 20 heavy (non-hydrogen) atoms. The van der Waals surface area contributed by atoms with Gasteiger partial charge in [0.15, 0.2) is 0 Å². The Morgan fingerprint density at radius 1 is 1.20 bits per heavy atom. The van der Waals surface area contributed by atoms with Crippen LogP contribution in [0.15, 0.2) is 18.2 Å². The molecule has 114 valence electrons. The van der Waals surface area contributed by atoms with Crippen molar-refractivity contribution in [2.45, 2.75) is 46.2 Å². The molecule has 0 radical (unpaired) electrons. The molecule has 1 aromatic rings. The van der Waals surface area contributed by atoms with Gasteiger partial charge < -0.3 is 10.2 Å². The van der Waals surface area contributed by atoms with E-state index in [2.05, 4.69) is 45.1 Å². The minimum absolute atomic E-state index is 0.123. The first-order chi connectivity index (χ1) is 9.31. The summed E-state index contributed by atoms with van der Waals surface area (Å²) in [4.78, 5) is 2.26. The van der Waals surface area contributed by atoms with Crippen LogP contribution in [0.4, 0.5) is 4.39 Å². The molecule has 1 rings (SSSR count). The van der Waals surface area contributed by atoms with E-state index in [0.717, 1.165) is 18.5 Å². The third-order valence-corrected chi connectivity index (χ3v) is 3.83. The van der Waals surface area contributed by atoms with Gasteiger partial charge in [-0.1, -0.05) is 26.0 Å². The van der Waals surface area contributed by atoms with Gasteiger partial charge >= 0.3 is 0 Å². The lowest BCUT2D eigenvalue weighted by Gasteiger charge is -2.28. The lowest BCUT2D eigenvalue weighted by molar-refractivity contribution is 0.242. The van der Waals surface area contributed by atoms with Gasteiger partial charge in [0.25, 0.3) is 0 Å². The molecule has 0 bridgehead atoms. The van der Waals surface area contributed by atoms with Gasteiger partial charge in [0, 0.05) is 18.6 Å². The van der Waals surface area contributed by atoms with Gasteiger partial charge in [0.2, 0.25) is 0 Å². The number of nitrogens with zero attached hydrogens (tertiary/aromatic N) is 1. The van der Waals surface area contributed by atoms with E-state index in [-0.39, 0.29) is 11.9 Å². The number of aryl methyl sites for hydroxylation is 1. The molecular weight excluding hydrogens is 251 g/mol. The molecule has 0 aliphatic carbocycles. The van der Waals surface area contributed by atoms with Crippen LogP contribution >= 0.6 is 0 Å². The van der Waals surface area contributed by atoms with Crippen molar-refractivity contribution >= 4 is 0 Å². The van der Waals surface area contributed by atoms with Crippen molar-refractivity contribution < 1.29 is 4.39 Å². The molecule has 0 saturated carbocycles. The minimum Gasteiger partial charge on any atom is -0.309 e. The van der Waals surface area contributed by atoms with Crippen LogP contribution in [-0.4, -0.2) is 31.6 Å². The molecule has 0 fully saturated rings. The molecule has 1 aromatic carbocycles. The zero-order valence-corrected chi connectivity index (χ0v) is 13.7. The zero-order chi connectivity index (χ0) is 15.3. The maximum Gasteiger partial charge on any atom is 0.126 e. The largest absolute Gasteiger partial charge is 0.309 e. The van der Waals surface area contributed by atoms with E-state index < -0.39 is 0 Å². The fourth-order valence-electron chi connectivity index (χ4n) is 2.33. The predicted molar refractivity (Wildman–Crippen MR) is 84.5 cm³/mol. The van der Waals surface area contributed by atoms with E-state index in [1.54, 1.807) is 13.0 Å². The Hall–Kier alpha value is -0.930. The Labute approximate surface area is 123 Å². The summed E-state index contributed by atoms with van der Waals surface area (Å²) in [5, 5.41) is 3.52. The van der Waals surface area contributed by atoms with Gasteiger partial charge in [0.05, 0.1) is 0 Å². The first kappa shape index (κ1) is 17.1. The SMILES string of the molecule is Cc1ccc(C(C)NCC(CC(C)C)N(C)C)cc1F. The summed E-state index contributed by atoms with van der Waals surface area (Å²) in [6.45, 7) is 9.29. The van der Waals surface area contributed by atoms with Crippen LogP contribution in [0.2, 0.25) is 0 Å². The Morgan fingerprint density at radius 2 is 1.85 bits per heavy atom.